The second-order valence-corrected chi connectivity index (χ2v) is 8.86. The van der Waals surface area contributed by atoms with Crippen molar-refractivity contribution >= 4 is 11.8 Å². The zero-order chi connectivity index (χ0) is 23.2. The number of hydrogen-bond donors (Lipinski definition) is 1. The van der Waals surface area contributed by atoms with E-state index in [1.54, 1.807) is 25.1 Å². The van der Waals surface area contributed by atoms with E-state index < -0.39 is 23.7 Å². The molecule has 2 fully saturated rings. The number of ether oxygens (including phenoxy) is 1. The van der Waals surface area contributed by atoms with Gasteiger partial charge in [-0.1, -0.05) is 0 Å². The van der Waals surface area contributed by atoms with Gasteiger partial charge in [0.15, 0.2) is 0 Å². The van der Waals surface area contributed by atoms with Crippen molar-refractivity contribution in [1.82, 2.24) is 20.0 Å². The first kappa shape index (κ1) is 22.4. The van der Waals surface area contributed by atoms with Crippen LogP contribution in [-0.4, -0.2) is 51.8 Å². The van der Waals surface area contributed by atoms with Crippen molar-refractivity contribution in [2.75, 3.05) is 13.2 Å². The van der Waals surface area contributed by atoms with E-state index in [4.69, 9.17) is 4.74 Å². The minimum Gasteiger partial charge on any atom is -0.381 e. The summed E-state index contributed by atoms with van der Waals surface area (Å²) in [4.78, 5) is 28.3. The molecular weight excluding hydrogens is 418 g/mol. The highest BCUT2D eigenvalue weighted by Crippen LogP contribution is 2.33. The summed E-state index contributed by atoms with van der Waals surface area (Å²) >= 11 is 0. The number of rotatable bonds is 5. The lowest BCUT2D eigenvalue weighted by atomic mass is 9.90. The van der Waals surface area contributed by atoms with Gasteiger partial charge in [0, 0.05) is 24.6 Å². The van der Waals surface area contributed by atoms with E-state index in [0.717, 1.165) is 17.7 Å². The van der Waals surface area contributed by atoms with Crippen molar-refractivity contribution in [2.24, 2.45) is 13.0 Å². The van der Waals surface area contributed by atoms with Crippen LogP contribution in [0.1, 0.15) is 53.0 Å². The van der Waals surface area contributed by atoms with Crippen LogP contribution in [-0.2, 0) is 16.6 Å². The van der Waals surface area contributed by atoms with Crippen LogP contribution in [0.25, 0.3) is 0 Å². The van der Waals surface area contributed by atoms with Crippen molar-refractivity contribution in [2.45, 2.75) is 51.7 Å². The van der Waals surface area contributed by atoms with Crippen LogP contribution in [0.2, 0.25) is 0 Å². The van der Waals surface area contributed by atoms with E-state index in [9.17, 15) is 18.4 Å². The molecule has 9 heteroatoms. The first-order valence-electron chi connectivity index (χ1n) is 10.8. The summed E-state index contributed by atoms with van der Waals surface area (Å²) in [5.74, 6) is -1.90. The molecule has 7 nitrogen and oxygen atoms in total. The molecule has 0 unspecified atom stereocenters. The van der Waals surface area contributed by atoms with Gasteiger partial charge in [-0.3, -0.25) is 14.3 Å². The Kier molecular flexibility index (Phi) is 6.03. The maximum Gasteiger partial charge on any atom is 0.273 e. The zero-order valence-corrected chi connectivity index (χ0v) is 18.7. The summed E-state index contributed by atoms with van der Waals surface area (Å²) in [5, 5.41) is 7.04. The Balaban J connectivity index is 1.60. The number of benzene rings is 1. The molecule has 2 aliphatic rings. The van der Waals surface area contributed by atoms with Gasteiger partial charge in [-0.25, -0.2) is 8.78 Å². The van der Waals surface area contributed by atoms with Gasteiger partial charge in [-0.05, 0) is 56.9 Å². The summed E-state index contributed by atoms with van der Waals surface area (Å²) in [5.41, 5.74) is 1.47. The fourth-order valence-corrected chi connectivity index (χ4v) is 4.61. The number of carbonyl (C=O) groups is 2. The van der Waals surface area contributed by atoms with Crippen LogP contribution in [0.4, 0.5) is 8.78 Å². The molecule has 172 valence electrons. The maximum atomic E-state index is 14.7. The molecule has 2 aliphatic heterocycles. The highest BCUT2D eigenvalue weighted by molar-refractivity contribution is 5.98. The molecule has 4 rings (SSSR count). The lowest BCUT2D eigenvalue weighted by Gasteiger charge is -2.36. The number of carbonyl (C=O) groups excluding carboxylic acids is 2. The molecule has 2 amide bonds. The highest BCUT2D eigenvalue weighted by Gasteiger charge is 2.42. The number of nitrogens with zero attached hydrogens (tertiary/aromatic N) is 3. The number of likely N-dealkylation sites (tertiary alicyclic amines) is 1. The second-order valence-electron chi connectivity index (χ2n) is 8.86. The summed E-state index contributed by atoms with van der Waals surface area (Å²) in [6, 6.07) is 0.715. The fraction of sp³-hybridized carbons (Fsp3) is 0.522. The lowest BCUT2D eigenvalue weighted by molar-refractivity contribution is -0.128. The number of nitrogens with one attached hydrogen (secondary N) is 1. The second kappa shape index (κ2) is 8.61. The Morgan fingerprint density at radius 3 is 2.47 bits per heavy atom. The minimum absolute atomic E-state index is 0.0983. The van der Waals surface area contributed by atoms with Gasteiger partial charge in [0.1, 0.15) is 23.4 Å². The van der Waals surface area contributed by atoms with E-state index in [-0.39, 0.29) is 34.9 Å². The van der Waals surface area contributed by atoms with Crippen molar-refractivity contribution in [3.05, 3.63) is 52.3 Å². The third-order valence-corrected chi connectivity index (χ3v) is 6.58. The Labute approximate surface area is 185 Å². The maximum absolute atomic E-state index is 14.7. The number of aromatic nitrogens is 2. The predicted octanol–water partition coefficient (Wildman–Crippen LogP) is 2.81. The van der Waals surface area contributed by atoms with Gasteiger partial charge in [0.05, 0.1) is 25.5 Å². The molecule has 2 aromatic rings. The molecular formula is C23H28F2N4O3. The molecule has 0 saturated carbocycles. The molecule has 1 N–H and O–H groups in total. The zero-order valence-electron chi connectivity index (χ0n) is 18.7. The topological polar surface area (TPSA) is 76.5 Å². The Morgan fingerprint density at radius 2 is 1.88 bits per heavy atom. The van der Waals surface area contributed by atoms with Crippen molar-refractivity contribution in [1.29, 1.82) is 0 Å². The lowest BCUT2D eigenvalue weighted by Crippen LogP contribution is -2.52. The first-order chi connectivity index (χ1) is 15.2. The summed E-state index contributed by atoms with van der Waals surface area (Å²) in [6.45, 7) is 5.89. The van der Waals surface area contributed by atoms with Gasteiger partial charge >= 0.3 is 0 Å². The summed E-state index contributed by atoms with van der Waals surface area (Å²) in [7, 11) is 1.69. The molecule has 3 atom stereocenters. The molecule has 0 aliphatic carbocycles. The van der Waals surface area contributed by atoms with Crippen LogP contribution in [0, 0.1) is 31.4 Å². The largest absolute Gasteiger partial charge is 0.381 e. The Morgan fingerprint density at radius 1 is 1.16 bits per heavy atom. The Bertz CT molecular complexity index is 1030. The molecule has 0 spiro atoms. The smallest absolute Gasteiger partial charge is 0.273 e. The molecule has 32 heavy (non-hydrogen) atoms. The van der Waals surface area contributed by atoms with E-state index >= 15 is 0 Å². The van der Waals surface area contributed by atoms with E-state index in [1.165, 1.54) is 11.6 Å². The van der Waals surface area contributed by atoms with Crippen molar-refractivity contribution in [3.8, 4) is 0 Å². The van der Waals surface area contributed by atoms with E-state index in [2.05, 4.69) is 10.4 Å². The SMILES string of the molecule is Cc1cc(F)c([C@H](NC(=O)[C@H]2CC[C@@H](C)N2C(=O)c2c(C)cnn2C)C2COC2)cc1F. The van der Waals surface area contributed by atoms with Crippen LogP contribution >= 0.6 is 0 Å². The first-order valence-corrected chi connectivity index (χ1v) is 10.8. The molecule has 2 saturated heterocycles. The Hall–Kier alpha value is -2.81. The molecule has 0 bridgehead atoms. The van der Waals surface area contributed by atoms with Crippen LogP contribution < -0.4 is 5.32 Å². The summed E-state index contributed by atoms with van der Waals surface area (Å²) < 4.78 is 35.7. The van der Waals surface area contributed by atoms with Gasteiger partial charge in [0.2, 0.25) is 5.91 Å². The molecule has 1 aromatic carbocycles. The normalized spacial score (nSPS) is 22.0. The predicted molar refractivity (Wildman–Crippen MR) is 113 cm³/mol. The van der Waals surface area contributed by atoms with E-state index in [0.29, 0.717) is 31.7 Å². The van der Waals surface area contributed by atoms with Gasteiger partial charge in [-0.15, -0.1) is 0 Å². The van der Waals surface area contributed by atoms with Gasteiger partial charge < -0.3 is 15.0 Å². The minimum atomic E-state index is -0.738. The number of aryl methyl sites for hydroxylation is 3. The third kappa shape index (κ3) is 3.90. The van der Waals surface area contributed by atoms with Crippen LogP contribution in [0.5, 0.6) is 0 Å². The number of hydrogen-bond acceptors (Lipinski definition) is 4. The summed E-state index contributed by atoms with van der Waals surface area (Å²) in [6.07, 6.45) is 2.78. The monoisotopic (exact) mass is 446 g/mol. The van der Waals surface area contributed by atoms with E-state index in [1.807, 2.05) is 6.92 Å². The standard InChI is InChI=1S/C23H28F2N4O3/c1-12-7-18(25)16(8-17(12)24)20(15-10-32-11-15)27-22(30)19-6-5-14(3)29(19)23(31)21-13(2)9-26-28(21)4/h7-9,14-15,19-20H,5-6,10-11H2,1-4H3,(H,27,30)/t14-,19-,20-/m1/s1. The molecule has 0 radical (unpaired) electrons. The fourth-order valence-electron chi connectivity index (χ4n) is 4.61. The third-order valence-electron chi connectivity index (χ3n) is 6.58. The molecule has 1 aromatic heterocycles. The average Bonchev–Trinajstić information content (AvgIpc) is 3.24. The quantitative estimate of drug-likeness (QED) is 0.766. The van der Waals surface area contributed by atoms with Crippen LogP contribution in [0.15, 0.2) is 18.3 Å². The number of halogens is 2. The molecule has 3 heterocycles. The van der Waals surface area contributed by atoms with Gasteiger partial charge in [-0.2, -0.15) is 5.10 Å². The average molecular weight is 446 g/mol. The van der Waals surface area contributed by atoms with Gasteiger partial charge in [0.25, 0.3) is 5.91 Å². The number of amides is 2. The van der Waals surface area contributed by atoms with Crippen LogP contribution in [0.3, 0.4) is 0 Å². The highest BCUT2D eigenvalue weighted by atomic mass is 19.1. The van der Waals surface area contributed by atoms with Crippen molar-refractivity contribution in [3.63, 3.8) is 0 Å². The van der Waals surface area contributed by atoms with Crippen molar-refractivity contribution < 1.29 is 23.1 Å².